The first-order valence-electron chi connectivity index (χ1n) is 9.06. The number of aryl methyl sites for hydroxylation is 1. The molecule has 0 aliphatic rings. The molecule has 5 nitrogen and oxygen atoms in total. The normalized spacial score (nSPS) is 11.1. The van der Waals surface area contributed by atoms with Gasteiger partial charge in [0.05, 0.1) is 0 Å². The highest BCUT2D eigenvalue weighted by molar-refractivity contribution is 6.04. The summed E-state index contributed by atoms with van der Waals surface area (Å²) in [7, 11) is 0. The summed E-state index contributed by atoms with van der Waals surface area (Å²) in [5.74, 6) is 0.570. The average Bonchev–Trinajstić information content (AvgIpc) is 2.69. The minimum atomic E-state index is -0.248. The van der Waals surface area contributed by atoms with Crippen molar-refractivity contribution in [2.45, 2.75) is 26.2 Å². The van der Waals surface area contributed by atoms with E-state index in [9.17, 15) is 9.18 Å². The van der Waals surface area contributed by atoms with E-state index in [1.165, 1.54) is 12.1 Å². The third kappa shape index (κ3) is 4.71. The molecular weight excluding hydrogens is 355 g/mol. The van der Waals surface area contributed by atoms with Gasteiger partial charge < -0.3 is 10.6 Å². The number of hydrogen-bond acceptors (Lipinski definition) is 4. The Morgan fingerprint density at radius 1 is 1.04 bits per heavy atom. The van der Waals surface area contributed by atoms with Crippen LogP contribution in [0.4, 0.5) is 16.0 Å². The number of benzene rings is 2. The first-order valence-corrected chi connectivity index (χ1v) is 9.06. The van der Waals surface area contributed by atoms with Gasteiger partial charge in [0, 0.05) is 17.5 Å². The minimum Gasteiger partial charge on any atom is -0.368 e. The van der Waals surface area contributed by atoms with Crippen molar-refractivity contribution in [3.05, 3.63) is 83.2 Å². The monoisotopic (exact) mass is 378 g/mol. The number of amides is 1. The molecule has 0 saturated carbocycles. The summed E-state index contributed by atoms with van der Waals surface area (Å²) in [5.41, 5.74) is 2.18. The van der Waals surface area contributed by atoms with E-state index in [-0.39, 0.29) is 17.1 Å². The van der Waals surface area contributed by atoms with E-state index < -0.39 is 0 Å². The second-order valence-electron chi connectivity index (χ2n) is 7.33. The number of nitrogens with one attached hydrogen (secondary N) is 2. The number of rotatable bonds is 6. The van der Waals surface area contributed by atoms with E-state index in [2.05, 4.69) is 34.7 Å². The van der Waals surface area contributed by atoms with Crippen LogP contribution in [0.1, 0.15) is 35.3 Å². The van der Waals surface area contributed by atoms with Gasteiger partial charge in [-0.3, -0.25) is 4.79 Å². The molecule has 2 aromatic carbocycles. The maximum Gasteiger partial charge on any atom is 0.256 e. The molecule has 0 saturated heterocycles. The molecular formula is C22H23FN4O. The van der Waals surface area contributed by atoms with Crippen LogP contribution in [0.2, 0.25) is 0 Å². The lowest BCUT2D eigenvalue weighted by molar-refractivity contribution is 0.102. The second-order valence-corrected chi connectivity index (χ2v) is 7.33. The molecule has 0 spiro atoms. The quantitative estimate of drug-likeness (QED) is 0.660. The molecule has 0 atom stereocenters. The average molecular weight is 378 g/mol. The fourth-order valence-electron chi connectivity index (χ4n) is 2.78. The zero-order valence-electron chi connectivity index (χ0n) is 16.2. The maximum absolute atomic E-state index is 13.1. The lowest BCUT2D eigenvalue weighted by atomic mass is 9.84. The molecule has 3 aromatic rings. The maximum atomic E-state index is 13.1. The molecule has 6 heteroatoms. The third-order valence-corrected chi connectivity index (χ3v) is 4.59. The fourth-order valence-corrected chi connectivity index (χ4v) is 2.78. The fraction of sp³-hybridized carbons (Fsp3) is 0.227. The summed E-state index contributed by atoms with van der Waals surface area (Å²) in [4.78, 5) is 12.3. The van der Waals surface area contributed by atoms with Gasteiger partial charge in [-0.1, -0.05) is 44.2 Å². The van der Waals surface area contributed by atoms with Crippen LogP contribution in [0.15, 0.2) is 60.7 Å². The molecule has 1 heterocycles. The molecule has 1 amide bonds. The van der Waals surface area contributed by atoms with Gasteiger partial charge in [0.2, 0.25) is 0 Å². The summed E-state index contributed by atoms with van der Waals surface area (Å²) < 4.78 is 13.1. The zero-order chi connectivity index (χ0) is 20.1. The van der Waals surface area contributed by atoms with Crippen molar-refractivity contribution in [2.75, 3.05) is 17.2 Å². The van der Waals surface area contributed by atoms with Gasteiger partial charge >= 0.3 is 0 Å². The Morgan fingerprint density at radius 3 is 2.36 bits per heavy atom. The summed E-state index contributed by atoms with van der Waals surface area (Å²) in [6.07, 6.45) is 0. The number of carbonyl (C=O) groups is 1. The van der Waals surface area contributed by atoms with E-state index in [1.54, 1.807) is 24.3 Å². The Balaban J connectivity index is 1.65. The van der Waals surface area contributed by atoms with Gasteiger partial charge in [-0.25, -0.2) is 4.39 Å². The molecule has 28 heavy (non-hydrogen) atoms. The van der Waals surface area contributed by atoms with Gasteiger partial charge in [0.1, 0.15) is 11.6 Å². The number of hydrogen-bond donors (Lipinski definition) is 2. The third-order valence-electron chi connectivity index (χ3n) is 4.59. The summed E-state index contributed by atoms with van der Waals surface area (Å²) in [6.45, 7) is 6.61. The highest BCUT2D eigenvalue weighted by Crippen LogP contribution is 2.24. The second kappa shape index (κ2) is 8.17. The lowest BCUT2D eigenvalue weighted by Gasteiger charge is -2.26. The van der Waals surface area contributed by atoms with Crippen molar-refractivity contribution in [1.29, 1.82) is 0 Å². The Morgan fingerprint density at radius 2 is 1.71 bits per heavy atom. The van der Waals surface area contributed by atoms with Crippen LogP contribution in [-0.2, 0) is 5.41 Å². The number of aromatic nitrogens is 2. The number of nitrogens with zero attached hydrogens (tertiary/aromatic N) is 2. The van der Waals surface area contributed by atoms with Crippen molar-refractivity contribution in [3.63, 3.8) is 0 Å². The van der Waals surface area contributed by atoms with Crippen LogP contribution in [0, 0.1) is 12.7 Å². The highest BCUT2D eigenvalue weighted by Gasteiger charge is 2.21. The molecule has 0 aliphatic carbocycles. The van der Waals surface area contributed by atoms with Crippen LogP contribution < -0.4 is 10.6 Å². The van der Waals surface area contributed by atoms with E-state index in [0.29, 0.717) is 23.7 Å². The van der Waals surface area contributed by atoms with Crippen LogP contribution in [0.25, 0.3) is 0 Å². The van der Waals surface area contributed by atoms with E-state index in [0.717, 1.165) is 11.1 Å². The Labute approximate surface area is 164 Å². The molecule has 0 aliphatic heterocycles. The molecule has 0 bridgehead atoms. The molecule has 144 valence electrons. The van der Waals surface area contributed by atoms with Crippen LogP contribution in [-0.4, -0.2) is 22.6 Å². The van der Waals surface area contributed by atoms with Gasteiger partial charge in [0.15, 0.2) is 5.82 Å². The molecule has 0 radical (unpaired) electrons. The Kier molecular flexibility index (Phi) is 5.68. The van der Waals surface area contributed by atoms with Gasteiger partial charge in [-0.05, 0) is 48.4 Å². The smallest absolute Gasteiger partial charge is 0.256 e. The standard InChI is InChI=1S/C22H23FN4O/c1-15-13-19(24-14-22(2,3)17-9-11-18(23)12-10-17)26-27-20(15)25-21(28)16-7-5-4-6-8-16/h4-13H,14H2,1-3H3,(H,24,26)(H,25,27,28). The first kappa shape index (κ1) is 19.5. The summed E-state index contributed by atoms with van der Waals surface area (Å²) in [5, 5.41) is 14.3. The van der Waals surface area contributed by atoms with Crippen molar-refractivity contribution in [3.8, 4) is 0 Å². The predicted octanol–water partition coefficient (Wildman–Crippen LogP) is 4.57. The predicted molar refractivity (Wildman–Crippen MR) is 109 cm³/mol. The SMILES string of the molecule is Cc1cc(NCC(C)(C)c2ccc(F)cc2)nnc1NC(=O)c1ccccc1. The van der Waals surface area contributed by atoms with Crippen molar-refractivity contribution in [2.24, 2.45) is 0 Å². The van der Waals surface area contributed by atoms with Gasteiger partial charge in [-0.15, -0.1) is 10.2 Å². The first-order chi connectivity index (χ1) is 13.3. The summed E-state index contributed by atoms with van der Waals surface area (Å²) in [6, 6.07) is 17.3. The molecule has 0 unspecified atom stereocenters. The minimum absolute atomic E-state index is 0.219. The van der Waals surface area contributed by atoms with E-state index >= 15 is 0 Å². The Bertz CT molecular complexity index is 956. The molecule has 1 aromatic heterocycles. The van der Waals surface area contributed by atoms with Gasteiger partial charge in [-0.2, -0.15) is 0 Å². The van der Waals surface area contributed by atoms with Gasteiger partial charge in [0.25, 0.3) is 5.91 Å². The topological polar surface area (TPSA) is 66.9 Å². The van der Waals surface area contributed by atoms with Crippen molar-refractivity contribution >= 4 is 17.5 Å². The Hall–Kier alpha value is -3.28. The largest absolute Gasteiger partial charge is 0.368 e. The van der Waals surface area contributed by atoms with Crippen LogP contribution >= 0.6 is 0 Å². The number of carbonyl (C=O) groups excluding carboxylic acids is 1. The van der Waals surface area contributed by atoms with Crippen molar-refractivity contribution < 1.29 is 9.18 Å². The molecule has 2 N–H and O–H groups in total. The molecule has 0 fully saturated rings. The summed E-state index contributed by atoms with van der Waals surface area (Å²) >= 11 is 0. The highest BCUT2D eigenvalue weighted by atomic mass is 19.1. The van der Waals surface area contributed by atoms with E-state index in [4.69, 9.17) is 0 Å². The molecule has 3 rings (SSSR count). The van der Waals surface area contributed by atoms with Crippen LogP contribution in [0.5, 0.6) is 0 Å². The zero-order valence-corrected chi connectivity index (χ0v) is 16.2. The van der Waals surface area contributed by atoms with Crippen molar-refractivity contribution in [1.82, 2.24) is 10.2 Å². The van der Waals surface area contributed by atoms with Crippen LogP contribution in [0.3, 0.4) is 0 Å². The number of anilines is 2. The van der Waals surface area contributed by atoms with E-state index in [1.807, 2.05) is 31.2 Å². The lowest BCUT2D eigenvalue weighted by Crippen LogP contribution is -2.28. The number of halogens is 1.